The number of benzene rings is 1. The highest BCUT2D eigenvalue weighted by atomic mass is 16.5. The maximum Gasteiger partial charge on any atom is 0.251 e. The number of ether oxygens (including phenoxy) is 1. The Morgan fingerprint density at radius 1 is 1.04 bits per heavy atom. The molecule has 1 aromatic carbocycles. The summed E-state index contributed by atoms with van der Waals surface area (Å²) in [4.78, 5) is 27.7. The first-order valence-corrected chi connectivity index (χ1v) is 9.22. The monoisotopic (exact) mass is 375 g/mol. The molecule has 3 heterocycles. The summed E-state index contributed by atoms with van der Waals surface area (Å²) in [5, 5.41) is 2.93. The van der Waals surface area contributed by atoms with Crippen LogP contribution in [0.1, 0.15) is 16.1 Å². The highest BCUT2D eigenvalue weighted by Crippen LogP contribution is 2.19. The van der Waals surface area contributed by atoms with Crippen LogP contribution in [0.4, 0.5) is 5.69 Å². The summed E-state index contributed by atoms with van der Waals surface area (Å²) in [6, 6.07) is 11.4. The Labute approximate surface area is 163 Å². The lowest BCUT2D eigenvalue weighted by Gasteiger charge is -2.28. The first-order chi connectivity index (χ1) is 13.8. The molecular weight excluding hydrogens is 354 g/mol. The molecule has 0 saturated carbocycles. The quantitative estimate of drug-likeness (QED) is 0.737. The maximum absolute atomic E-state index is 12.5. The summed E-state index contributed by atoms with van der Waals surface area (Å²) in [6.07, 6.45) is 6.71. The van der Waals surface area contributed by atoms with Crippen LogP contribution in [0.15, 0.2) is 61.2 Å². The molecule has 0 aliphatic carbocycles. The molecule has 0 spiro atoms. The summed E-state index contributed by atoms with van der Waals surface area (Å²) in [5.74, 6) is -0.142. The predicted octanol–water partition coefficient (Wildman–Crippen LogP) is 2.31. The molecule has 0 bridgehead atoms. The molecule has 1 fully saturated rings. The molecule has 7 heteroatoms. The van der Waals surface area contributed by atoms with E-state index in [0.29, 0.717) is 17.8 Å². The molecule has 1 amide bonds. The van der Waals surface area contributed by atoms with Gasteiger partial charge >= 0.3 is 0 Å². The van der Waals surface area contributed by atoms with Gasteiger partial charge < -0.3 is 15.0 Å². The number of hydrogen-bond donors (Lipinski definition) is 1. The topological polar surface area (TPSA) is 80.2 Å². The van der Waals surface area contributed by atoms with E-state index in [0.717, 1.165) is 43.2 Å². The number of hydrogen-bond acceptors (Lipinski definition) is 6. The van der Waals surface area contributed by atoms with Crippen molar-refractivity contribution in [2.24, 2.45) is 0 Å². The van der Waals surface area contributed by atoms with Gasteiger partial charge in [-0.2, -0.15) is 0 Å². The van der Waals surface area contributed by atoms with Gasteiger partial charge in [0.1, 0.15) is 0 Å². The number of carbonyl (C=O) groups excluding carboxylic acids is 1. The molecule has 3 aromatic rings. The molecule has 0 atom stereocenters. The van der Waals surface area contributed by atoms with Crippen LogP contribution in [-0.4, -0.2) is 47.2 Å². The lowest BCUT2D eigenvalue weighted by molar-refractivity contribution is 0.0950. The number of nitrogens with one attached hydrogen (secondary N) is 1. The molecule has 1 N–H and O–H groups in total. The Kier molecular flexibility index (Phi) is 5.53. The van der Waals surface area contributed by atoms with E-state index in [-0.39, 0.29) is 5.91 Å². The third-order valence-electron chi connectivity index (χ3n) is 4.63. The average Bonchev–Trinajstić information content (AvgIpc) is 2.79. The molecular formula is C21H21N5O2. The molecule has 0 unspecified atom stereocenters. The third kappa shape index (κ3) is 4.15. The van der Waals surface area contributed by atoms with Gasteiger partial charge in [0.05, 0.1) is 31.1 Å². The van der Waals surface area contributed by atoms with E-state index >= 15 is 0 Å². The van der Waals surface area contributed by atoms with E-state index in [1.54, 1.807) is 24.8 Å². The highest BCUT2D eigenvalue weighted by molar-refractivity contribution is 5.94. The maximum atomic E-state index is 12.5. The van der Waals surface area contributed by atoms with Crippen LogP contribution in [0.3, 0.4) is 0 Å². The van der Waals surface area contributed by atoms with Gasteiger partial charge in [0.2, 0.25) is 0 Å². The number of nitrogens with zero attached hydrogens (tertiary/aromatic N) is 4. The van der Waals surface area contributed by atoms with Crippen LogP contribution in [0.25, 0.3) is 11.3 Å². The van der Waals surface area contributed by atoms with Crippen molar-refractivity contribution in [2.75, 3.05) is 31.2 Å². The van der Waals surface area contributed by atoms with Gasteiger partial charge in [-0.15, -0.1) is 0 Å². The fourth-order valence-electron chi connectivity index (χ4n) is 3.15. The van der Waals surface area contributed by atoms with Gasteiger partial charge in [0, 0.05) is 54.7 Å². The molecule has 1 aliphatic heterocycles. The second kappa shape index (κ2) is 8.58. The van der Waals surface area contributed by atoms with E-state index in [2.05, 4.69) is 25.2 Å². The van der Waals surface area contributed by atoms with Crippen molar-refractivity contribution in [3.63, 3.8) is 0 Å². The molecule has 0 radical (unpaired) electrons. The molecule has 142 valence electrons. The van der Waals surface area contributed by atoms with Gasteiger partial charge in [-0.3, -0.25) is 19.7 Å². The summed E-state index contributed by atoms with van der Waals surface area (Å²) in [7, 11) is 0. The predicted molar refractivity (Wildman–Crippen MR) is 106 cm³/mol. The SMILES string of the molecule is O=C(NCc1nccnc1-c1cccnc1)c1ccc(N2CCOCC2)cc1. The highest BCUT2D eigenvalue weighted by Gasteiger charge is 2.13. The first-order valence-electron chi connectivity index (χ1n) is 9.22. The van der Waals surface area contributed by atoms with Gasteiger partial charge in [0.15, 0.2) is 0 Å². The van der Waals surface area contributed by atoms with E-state index in [4.69, 9.17) is 4.74 Å². The van der Waals surface area contributed by atoms with Gasteiger partial charge in [-0.1, -0.05) is 0 Å². The average molecular weight is 375 g/mol. The summed E-state index contributed by atoms with van der Waals surface area (Å²) in [5.41, 5.74) is 4.01. The van der Waals surface area contributed by atoms with Gasteiger partial charge in [-0.05, 0) is 36.4 Å². The third-order valence-corrected chi connectivity index (χ3v) is 4.63. The first kappa shape index (κ1) is 18.1. The molecule has 1 aliphatic rings. The van der Waals surface area contributed by atoms with Crippen LogP contribution in [0.2, 0.25) is 0 Å². The number of aromatic nitrogens is 3. The Morgan fingerprint density at radius 3 is 2.57 bits per heavy atom. The normalized spacial score (nSPS) is 13.9. The van der Waals surface area contributed by atoms with Crippen LogP contribution >= 0.6 is 0 Å². The second-order valence-electron chi connectivity index (χ2n) is 6.42. The zero-order valence-electron chi connectivity index (χ0n) is 15.4. The standard InChI is InChI=1S/C21H21N5O2/c27-21(16-3-5-18(6-4-16)26-10-12-28-13-11-26)25-15-19-20(24-9-8-23-19)17-2-1-7-22-14-17/h1-9,14H,10-13,15H2,(H,25,27). The molecule has 28 heavy (non-hydrogen) atoms. The van der Waals surface area contributed by atoms with Crippen LogP contribution < -0.4 is 10.2 Å². The summed E-state index contributed by atoms with van der Waals surface area (Å²) >= 11 is 0. The Balaban J connectivity index is 1.42. The number of anilines is 1. The Bertz CT molecular complexity index is 925. The van der Waals surface area contributed by atoms with Crippen molar-refractivity contribution in [3.05, 3.63) is 72.4 Å². The van der Waals surface area contributed by atoms with Crippen molar-refractivity contribution in [1.82, 2.24) is 20.3 Å². The van der Waals surface area contributed by atoms with Gasteiger partial charge in [0.25, 0.3) is 5.91 Å². The zero-order valence-corrected chi connectivity index (χ0v) is 15.4. The molecule has 4 rings (SSSR count). The van der Waals surface area contributed by atoms with Crippen molar-refractivity contribution in [2.45, 2.75) is 6.54 Å². The molecule has 2 aromatic heterocycles. The van der Waals surface area contributed by atoms with E-state index in [9.17, 15) is 4.79 Å². The number of morpholine rings is 1. The second-order valence-corrected chi connectivity index (χ2v) is 6.42. The number of amides is 1. The number of rotatable bonds is 5. The minimum absolute atomic E-state index is 0.142. The summed E-state index contributed by atoms with van der Waals surface area (Å²) in [6.45, 7) is 3.51. The van der Waals surface area contributed by atoms with Gasteiger partial charge in [-0.25, -0.2) is 0 Å². The summed E-state index contributed by atoms with van der Waals surface area (Å²) < 4.78 is 5.38. The lowest BCUT2D eigenvalue weighted by Crippen LogP contribution is -2.36. The van der Waals surface area contributed by atoms with Crippen molar-refractivity contribution in [1.29, 1.82) is 0 Å². The van der Waals surface area contributed by atoms with Crippen LogP contribution in [0, 0.1) is 0 Å². The van der Waals surface area contributed by atoms with E-state index < -0.39 is 0 Å². The van der Waals surface area contributed by atoms with E-state index in [1.165, 1.54) is 0 Å². The van der Waals surface area contributed by atoms with E-state index in [1.807, 2.05) is 36.4 Å². The minimum atomic E-state index is -0.142. The zero-order chi connectivity index (χ0) is 19.2. The van der Waals surface area contributed by atoms with Crippen LogP contribution in [-0.2, 0) is 11.3 Å². The van der Waals surface area contributed by atoms with Crippen molar-refractivity contribution >= 4 is 11.6 Å². The smallest absolute Gasteiger partial charge is 0.251 e. The Morgan fingerprint density at radius 2 is 1.82 bits per heavy atom. The molecule has 1 saturated heterocycles. The fourth-order valence-corrected chi connectivity index (χ4v) is 3.15. The van der Waals surface area contributed by atoms with Crippen molar-refractivity contribution in [3.8, 4) is 11.3 Å². The Hall–Kier alpha value is -3.32. The van der Waals surface area contributed by atoms with Crippen molar-refractivity contribution < 1.29 is 9.53 Å². The number of pyridine rings is 1. The molecule has 7 nitrogen and oxygen atoms in total. The van der Waals surface area contributed by atoms with Crippen LogP contribution in [0.5, 0.6) is 0 Å². The largest absolute Gasteiger partial charge is 0.378 e. The fraction of sp³-hybridized carbons (Fsp3) is 0.238. The lowest BCUT2D eigenvalue weighted by atomic mass is 10.1. The number of carbonyl (C=O) groups is 1. The minimum Gasteiger partial charge on any atom is -0.378 e.